The third-order valence-corrected chi connectivity index (χ3v) is 8.76. The minimum absolute atomic E-state index is 0.0000259. The van der Waals surface area contributed by atoms with E-state index in [1.165, 1.54) is 23.5 Å². The van der Waals surface area contributed by atoms with E-state index < -0.39 is 46.4 Å². The Bertz CT molecular complexity index is 1250. The lowest BCUT2D eigenvalue weighted by Crippen LogP contribution is -2.58. The number of sulfonamides is 1. The van der Waals surface area contributed by atoms with Gasteiger partial charge >= 0.3 is 12.3 Å². The van der Waals surface area contributed by atoms with Crippen LogP contribution in [0.1, 0.15) is 18.4 Å². The highest BCUT2D eigenvalue weighted by molar-refractivity contribution is 7.89. The van der Waals surface area contributed by atoms with E-state index in [0.29, 0.717) is 11.3 Å². The van der Waals surface area contributed by atoms with Gasteiger partial charge in [-0.05, 0) is 54.8 Å². The van der Waals surface area contributed by atoms with Crippen LogP contribution >= 0.6 is 0 Å². The standard InChI is InChI=1S/C26H30F4N2O7S/c1-36-21-6-2-19(3-7-21)16-37-17-23(26(28,29)30)39-24(33)31-12-10-25(11-13-31)18-32(14-15-38-25)40(34,35)22-8-4-20(27)5-9-22/h2-9,23H,10-18H2,1H3. The highest BCUT2D eigenvalue weighted by Crippen LogP contribution is 2.33. The molecule has 0 N–H and O–H groups in total. The minimum atomic E-state index is -4.84. The van der Waals surface area contributed by atoms with Gasteiger partial charge in [0.2, 0.25) is 16.1 Å². The predicted octanol–water partition coefficient (Wildman–Crippen LogP) is 3.97. The van der Waals surface area contributed by atoms with Gasteiger partial charge in [-0.25, -0.2) is 17.6 Å². The van der Waals surface area contributed by atoms with Crippen molar-refractivity contribution in [2.24, 2.45) is 0 Å². The fourth-order valence-electron chi connectivity index (χ4n) is 4.57. The molecular formula is C26H30F4N2O7S. The molecule has 2 heterocycles. The lowest BCUT2D eigenvalue weighted by molar-refractivity contribution is -0.220. The number of nitrogens with zero attached hydrogens (tertiary/aromatic N) is 2. The van der Waals surface area contributed by atoms with Gasteiger partial charge in [-0.15, -0.1) is 0 Å². The SMILES string of the molecule is COc1ccc(COCC(OC(=O)N2CCC3(CC2)CN(S(=O)(=O)c2ccc(F)cc2)CCO3)C(F)(F)F)cc1. The number of morpholine rings is 1. The number of likely N-dealkylation sites (tertiary alicyclic amines) is 1. The molecule has 0 aromatic heterocycles. The maximum Gasteiger partial charge on any atom is 0.427 e. The number of rotatable bonds is 8. The molecule has 1 amide bonds. The van der Waals surface area contributed by atoms with Crippen molar-refractivity contribution in [1.29, 1.82) is 0 Å². The van der Waals surface area contributed by atoms with Gasteiger partial charge in [-0.2, -0.15) is 17.5 Å². The summed E-state index contributed by atoms with van der Waals surface area (Å²) in [5.74, 6) is 0.0308. The first-order chi connectivity index (χ1) is 18.9. The Labute approximate surface area is 229 Å². The summed E-state index contributed by atoms with van der Waals surface area (Å²) in [7, 11) is -2.42. The van der Waals surface area contributed by atoms with E-state index in [0.717, 1.165) is 17.0 Å². The third kappa shape index (κ3) is 7.22. The van der Waals surface area contributed by atoms with E-state index in [9.17, 15) is 30.8 Å². The number of piperidine rings is 1. The average Bonchev–Trinajstić information content (AvgIpc) is 2.93. The quantitative estimate of drug-likeness (QED) is 0.430. The zero-order valence-electron chi connectivity index (χ0n) is 21.7. The van der Waals surface area contributed by atoms with Crippen molar-refractivity contribution < 1.29 is 49.7 Å². The fourth-order valence-corrected chi connectivity index (χ4v) is 6.07. The molecule has 4 rings (SSSR count). The van der Waals surface area contributed by atoms with Gasteiger partial charge in [-0.3, -0.25) is 0 Å². The molecule has 2 aliphatic rings. The maximum atomic E-state index is 13.6. The Morgan fingerprint density at radius 2 is 1.70 bits per heavy atom. The van der Waals surface area contributed by atoms with Gasteiger partial charge in [0.15, 0.2) is 0 Å². The molecule has 9 nitrogen and oxygen atoms in total. The predicted molar refractivity (Wildman–Crippen MR) is 134 cm³/mol. The summed E-state index contributed by atoms with van der Waals surface area (Å²) in [4.78, 5) is 13.7. The highest BCUT2D eigenvalue weighted by Gasteiger charge is 2.47. The van der Waals surface area contributed by atoms with E-state index in [-0.39, 0.29) is 57.1 Å². The van der Waals surface area contributed by atoms with Crippen LogP contribution in [0.4, 0.5) is 22.4 Å². The van der Waals surface area contributed by atoms with E-state index in [1.807, 2.05) is 0 Å². The number of halogens is 4. The van der Waals surface area contributed by atoms with Crippen LogP contribution in [0.25, 0.3) is 0 Å². The van der Waals surface area contributed by atoms with Crippen LogP contribution in [0.15, 0.2) is 53.4 Å². The maximum absolute atomic E-state index is 13.6. The third-order valence-electron chi connectivity index (χ3n) is 6.90. The number of benzene rings is 2. The molecule has 40 heavy (non-hydrogen) atoms. The van der Waals surface area contributed by atoms with Crippen LogP contribution in [0, 0.1) is 5.82 Å². The van der Waals surface area contributed by atoms with E-state index in [4.69, 9.17) is 18.9 Å². The lowest BCUT2D eigenvalue weighted by Gasteiger charge is -2.46. The summed E-state index contributed by atoms with van der Waals surface area (Å²) in [6.45, 7) is -0.766. The van der Waals surface area contributed by atoms with Crippen LogP contribution in [0.2, 0.25) is 0 Å². The van der Waals surface area contributed by atoms with Gasteiger partial charge < -0.3 is 23.8 Å². The van der Waals surface area contributed by atoms with Crippen LogP contribution in [0.3, 0.4) is 0 Å². The number of alkyl halides is 3. The largest absolute Gasteiger partial charge is 0.497 e. The molecule has 0 radical (unpaired) electrons. The number of carbonyl (C=O) groups excluding carboxylic acids is 1. The summed E-state index contributed by atoms with van der Waals surface area (Å²) in [6, 6.07) is 11.1. The monoisotopic (exact) mass is 590 g/mol. The molecule has 0 saturated carbocycles. The van der Waals surface area contributed by atoms with Crippen molar-refractivity contribution in [1.82, 2.24) is 9.21 Å². The second kappa shape index (κ2) is 12.3. The Morgan fingerprint density at radius 3 is 2.30 bits per heavy atom. The van der Waals surface area contributed by atoms with Crippen molar-refractivity contribution in [2.75, 3.05) is 46.5 Å². The van der Waals surface area contributed by atoms with Gasteiger partial charge in [-0.1, -0.05) is 12.1 Å². The van der Waals surface area contributed by atoms with Gasteiger partial charge in [0, 0.05) is 26.2 Å². The first kappa shape index (κ1) is 30.0. The molecule has 2 saturated heterocycles. The molecule has 2 aromatic carbocycles. The Kier molecular flexibility index (Phi) is 9.22. The molecule has 1 spiro atoms. The zero-order valence-corrected chi connectivity index (χ0v) is 22.5. The van der Waals surface area contributed by atoms with Crippen LogP contribution < -0.4 is 4.74 Å². The first-order valence-electron chi connectivity index (χ1n) is 12.5. The second-order valence-corrected chi connectivity index (χ2v) is 11.5. The molecule has 0 aliphatic carbocycles. The summed E-state index contributed by atoms with van der Waals surface area (Å²) in [5.41, 5.74) is -0.287. The van der Waals surface area contributed by atoms with Crippen molar-refractivity contribution in [3.05, 3.63) is 59.9 Å². The summed E-state index contributed by atoms with van der Waals surface area (Å²) >= 11 is 0. The fraction of sp³-hybridized carbons (Fsp3) is 0.500. The smallest absolute Gasteiger partial charge is 0.427 e. The lowest BCUT2D eigenvalue weighted by atomic mass is 9.90. The Balaban J connectivity index is 1.31. The van der Waals surface area contributed by atoms with E-state index in [2.05, 4.69) is 0 Å². The van der Waals surface area contributed by atoms with Crippen LogP contribution in [-0.2, 0) is 30.8 Å². The van der Waals surface area contributed by atoms with Crippen molar-refractivity contribution in [3.63, 3.8) is 0 Å². The molecule has 0 bridgehead atoms. The zero-order chi connectivity index (χ0) is 29.0. The second-order valence-electron chi connectivity index (χ2n) is 9.59. The Hall–Kier alpha value is -2.94. The molecule has 2 aromatic rings. The number of hydrogen-bond acceptors (Lipinski definition) is 7. The molecule has 220 valence electrons. The number of carbonyl (C=O) groups is 1. The summed E-state index contributed by atoms with van der Waals surface area (Å²) in [5, 5.41) is 0. The van der Waals surface area contributed by atoms with Gasteiger partial charge in [0.1, 0.15) is 11.6 Å². The van der Waals surface area contributed by atoms with Crippen molar-refractivity contribution in [3.8, 4) is 5.75 Å². The normalized spacial score (nSPS) is 18.9. The minimum Gasteiger partial charge on any atom is -0.497 e. The number of methoxy groups -OCH3 is 1. The average molecular weight is 591 g/mol. The van der Waals surface area contributed by atoms with Crippen LogP contribution in [0.5, 0.6) is 5.75 Å². The topological polar surface area (TPSA) is 94.6 Å². The van der Waals surface area contributed by atoms with Crippen molar-refractivity contribution in [2.45, 2.75) is 42.2 Å². The van der Waals surface area contributed by atoms with Gasteiger partial charge in [0.05, 0.1) is 37.4 Å². The Morgan fingerprint density at radius 1 is 1.05 bits per heavy atom. The first-order valence-corrected chi connectivity index (χ1v) is 14.0. The van der Waals surface area contributed by atoms with Crippen LogP contribution in [-0.4, -0.2) is 88.1 Å². The number of amides is 1. The highest BCUT2D eigenvalue weighted by atomic mass is 32.2. The molecular weight excluding hydrogens is 560 g/mol. The van der Waals surface area contributed by atoms with E-state index in [1.54, 1.807) is 24.3 Å². The molecule has 2 aliphatic heterocycles. The molecule has 1 atom stereocenters. The van der Waals surface area contributed by atoms with E-state index >= 15 is 0 Å². The summed E-state index contributed by atoms with van der Waals surface area (Å²) in [6.07, 6.45) is -8.05. The molecule has 14 heteroatoms. The number of ether oxygens (including phenoxy) is 4. The summed E-state index contributed by atoms with van der Waals surface area (Å²) < 4.78 is 102. The van der Waals surface area contributed by atoms with Crippen molar-refractivity contribution >= 4 is 16.1 Å². The molecule has 1 unspecified atom stereocenters. The van der Waals surface area contributed by atoms with Gasteiger partial charge in [0.25, 0.3) is 0 Å². The number of hydrogen-bond donors (Lipinski definition) is 0. The molecule has 2 fully saturated rings.